The number of hydrogen-bond acceptors (Lipinski definition) is 4. The molecule has 2 aliphatic heterocycles. The maximum atomic E-state index is 11.3. The van der Waals surface area contributed by atoms with E-state index in [1.54, 1.807) is 0 Å². The molecular weight excluding hydrogens is 170 g/mol. The van der Waals surface area contributed by atoms with Crippen LogP contribution in [0.3, 0.4) is 0 Å². The van der Waals surface area contributed by atoms with E-state index in [1.165, 1.54) is 7.11 Å². The van der Waals surface area contributed by atoms with Crippen molar-refractivity contribution in [3.63, 3.8) is 0 Å². The zero-order chi connectivity index (χ0) is 9.42. The van der Waals surface area contributed by atoms with Crippen LogP contribution in [-0.4, -0.2) is 48.3 Å². The Morgan fingerprint density at radius 1 is 1.46 bits per heavy atom. The molecule has 0 spiro atoms. The van der Waals surface area contributed by atoms with E-state index in [4.69, 9.17) is 4.74 Å². The Hall–Kier alpha value is -0.610. The first-order chi connectivity index (χ1) is 6.24. The number of ether oxygens (including phenoxy) is 1. The molecule has 2 heterocycles. The molecule has 3 atom stereocenters. The third-order valence-corrected chi connectivity index (χ3v) is 3.17. The molecule has 1 N–H and O–H groups in total. The van der Waals surface area contributed by atoms with Gasteiger partial charge in [-0.05, 0) is 19.4 Å². The van der Waals surface area contributed by atoms with Gasteiger partial charge in [0.2, 0.25) is 0 Å². The van der Waals surface area contributed by atoms with Crippen molar-refractivity contribution >= 4 is 5.97 Å². The zero-order valence-electron chi connectivity index (χ0n) is 7.77. The quantitative estimate of drug-likeness (QED) is 0.565. The molecule has 0 aliphatic carbocycles. The summed E-state index contributed by atoms with van der Waals surface area (Å²) in [6.07, 6.45) is 1.28. The lowest BCUT2D eigenvalue weighted by Crippen LogP contribution is -2.37. The van der Waals surface area contributed by atoms with Gasteiger partial charge in [0.05, 0.1) is 19.1 Å². The fourth-order valence-electron chi connectivity index (χ4n) is 2.53. The second-order valence-electron chi connectivity index (χ2n) is 3.80. The van der Waals surface area contributed by atoms with E-state index < -0.39 is 0 Å². The second-order valence-corrected chi connectivity index (χ2v) is 3.80. The van der Waals surface area contributed by atoms with Crippen molar-refractivity contribution in [2.24, 2.45) is 5.92 Å². The highest BCUT2D eigenvalue weighted by molar-refractivity contribution is 5.73. The number of nitrogens with zero attached hydrogens (tertiary/aromatic N) is 1. The van der Waals surface area contributed by atoms with E-state index in [0.29, 0.717) is 0 Å². The van der Waals surface area contributed by atoms with Gasteiger partial charge < -0.3 is 9.84 Å². The number of carbonyl (C=O) groups excluding carboxylic acids is 1. The maximum absolute atomic E-state index is 11.3. The van der Waals surface area contributed by atoms with E-state index >= 15 is 0 Å². The molecule has 2 saturated heterocycles. The van der Waals surface area contributed by atoms with Crippen LogP contribution in [0.15, 0.2) is 0 Å². The van der Waals surface area contributed by atoms with E-state index in [2.05, 4.69) is 4.90 Å². The Kier molecular flexibility index (Phi) is 2.26. The summed E-state index contributed by atoms with van der Waals surface area (Å²) in [4.78, 5) is 13.5. The smallest absolute Gasteiger partial charge is 0.310 e. The lowest BCUT2D eigenvalue weighted by molar-refractivity contribution is -0.147. The standard InChI is InChI=1S/C9H15NO3/c1-13-9(12)6-2-4-10-5-3-7(11)8(6)10/h6-8,11H,2-5H2,1H3/t6-,7-,8?/m1/s1. The third-order valence-electron chi connectivity index (χ3n) is 3.17. The van der Waals surface area contributed by atoms with Crippen LogP contribution in [0.2, 0.25) is 0 Å². The van der Waals surface area contributed by atoms with Gasteiger partial charge >= 0.3 is 5.97 Å². The Balaban J connectivity index is 2.10. The van der Waals surface area contributed by atoms with Crippen LogP contribution < -0.4 is 0 Å². The van der Waals surface area contributed by atoms with Crippen LogP contribution in [-0.2, 0) is 9.53 Å². The zero-order valence-corrected chi connectivity index (χ0v) is 7.77. The number of aliphatic hydroxyl groups excluding tert-OH is 1. The van der Waals surface area contributed by atoms with Gasteiger partial charge in [-0.1, -0.05) is 0 Å². The maximum Gasteiger partial charge on any atom is 0.310 e. The molecule has 0 aromatic carbocycles. The van der Waals surface area contributed by atoms with Gasteiger partial charge in [-0.25, -0.2) is 0 Å². The summed E-state index contributed by atoms with van der Waals surface area (Å²) in [6, 6.07) is 0.0208. The summed E-state index contributed by atoms with van der Waals surface area (Å²) < 4.78 is 4.71. The first kappa shape index (κ1) is 8.97. The van der Waals surface area contributed by atoms with Crippen molar-refractivity contribution in [3.05, 3.63) is 0 Å². The average Bonchev–Trinajstić information content (AvgIpc) is 2.68. The number of rotatable bonds is 1. The van der Waals surface area contributed by atoms with Gasteiger partial charge in [0.15, 0.2) is 0 Å². The van der Waals surface area contributed by atoms with E-state index in [1.807, 2.05) is 0 Å². The normalized spacial score (nSPS) is 39.1. The molecule has 0 aromatic rings. The molecule has 2 rings (SSSR count). The number of fused-ring (bicyclic) bond motifs is 1. The summed E-state index contributed by atoms with van der Waals surface area (Å²) in [5, 5.41) is 9.66. The van der Waals surface area contributed by atoms with Crippen molar-refractivity contribution in [2.75, 3.05) is 20.2 Å². The second kappa shape index (κ2) is 3.27. The highest BCUT2D eigenvalue weighted by atomic mass is 16.5. The number of carbonyl (C=O) groups is 1. The monoisotopic (exact) mass is 185 g/mol. The SMILES string of the molecule is COC(=O)[C@@H]1CCN2CC[C@@H](O)C12. The minimum absolute atomic E-state index is 0.0208. The minimum Gasteiger partial charge on any atom is -0.469 e. The van der Waals surface area contributed by atoms with Crippen molar-refractivity contribution in [1.82, 2.24) is 4.90 Å². The van der Waals surface area contributed by atoms with Gasteiger partial charge in [-0.3, -0.25) is 9.69 Å². The molecule has 2 fully saturated rings. The topological polar surface area (TPSA) is 49.8 Å². The van der Waals surface area contributed by atoms with Crippen molar-refractivity contribution in [2.45, 2.75) is 25.0 Å². The first-order valence-electron chi connectivity index (χ1n) is 4.74. The van der Waals surface area contributed by atoms with Gasteiger partial charge in [-0.2, -0.15) is 0 Å². The van der Waals surface area contributed by atoms with Gasteiger partial charge in [0.1, 0.15) is 0 Å². The molecule has 0 aromatic heterocycles. The highest BCUT2D eigenvalue weighted by Crippen LogP contribution is 2.33. The van der Waals surface area contributed by atoms with Crippen LogP contribution >= 0.6 is 0 Å². The third kappa shape index (κ3) is 1.34. The Morgan fingerprint density at radius 2 is 2.15 bits per heavy atom. The van der Waals surface area contributed by atoms with E-state index in [-0.39, 0.29) is 24.0 Å². The van der Waals surface area contributed by atoms with Crippen molar-refractivity contribution < 1.29 is 14.6 Å². The summed E-state index contributed by atoms with van der Waals surface area (Å²) in [5.41, 5.74) is 0. The molecule has 2 aliphatic rings. The lowest BCUT2D eigenvalue weighted by Gasteiger charge is -2.21. The van der Waals surface area contributed by atoms with Crippen molar-refractivity contribution in [1.29, 1.82) is 0 Å². The summed E-state index contributed by atoms with van der Waals surface area (Å²) in [6.45, 7) is 1.83. The van der Waals surface area contributed by atoms with Gasteiger partial charge in [0.25, 0.3) is 0 Å². The van der Waals surface area contributed by atoms with E-state index in [0.717, 1.165) is 25.9 Å². The molecule has 4 nitrogen and oxygen atoms in total. The number of aliphatic hydroxyl groups is 1. The molecule has 4 heteroatoms. The molecule has 13 heavy (non-hydrogen) atoms. The highest BCUT2D eigenvalue weighted by Gasteiger charge is 2.46. The molecular formula is C9H15NO3. The minimum atomic E-state index is -0.341. The Bertz CT molecular complexity index is 219. The molecule has 0 radical (unpaired) electrons. The first-order valence-corrected chi connectivity index (χ1v) is 4.74. The van der Waals surface area contributed by atoms with Crippen LogP contribution in [0, 0.1) is 5.92 Å². The number of methoxy groups -OCH3 is 1. The summed E-state index contributed by atoms with van der Waals surface area (Å²) in [7, 11) is 1.41. The molecule has 74 valence electrons. The molecule has 0 bridgehead atoms. The predicted octanol–water partition coefficient (Wildman–Crippen LogP) is -0.386. The summed E-state index contributed by atoms with van der Waals surface area (Å²) in [5.74, 6) is -0.282. The number of esters is 1. The fraction of sp³-hybridized carbons (Fsp3) is 0.889. The summed E-state index contributed by atoms with van der Waals surface area (Å²) >= 11 is 0. The number of hydrogen-bond donors (Lipinski definition) is 1. The van der Waals surface area contributed by atoms with Crippen LogP contribution in [0.25, 0.3) is 0 Å². The van der Waals surface area contributed by atoms with Crippen LogP contribution in [0.4, 0.5) is 0 Å². The molecule has 0 saturated carbocycles. The van der Waals surface area contributed by atoms with E-state index in [9.17, 15) is 9.90 Å². The molecule has 1 unspecified atom stereocenters. The molecule has 0 amide bonds. The predicted molar refractivity (Wildman–Crippen MR) is 46.1 cm³/mol. The van der Waals surface area contributed by atoms with Crippen LogP contribution in [0.1, 0.15) is 12.8 Å². The largest absolute Gasteiger partial charge is 0.469 e. The van der Waals surface area contributed by atoms with Gasteiger partial charge in [-0.15, -0.1) is 0 Å². The van der Waals surface area contributed by atoms with Crippen molar-refractivity contribution in [3.8, 4) is 0 Å². The lowest BCUT2D eigenvalue weighted by atomic mass is 9.97. The Morgan fingerprint density at radius 3 is 2.85 bits per heavy atom. The fourth-order valence-corrected chi connectivity index (χ4v) is 2.53. The van der Waals surface area contributed by atoms with Crippen LogP contribution in [0.5, 0.6) is 0 Å². The van der Waals surface area contributed by atoms with Gasteiger partial charge in [0, 0.05) is 12.6 Å². The average molecular weight is 185 g/mol. The Labute approximate surface area is 77.5 Å².